The van der Waals surface area contributed by atoms with Gasteiger partial charge in [0.15, 0.2) is 0 Å². The topological polar surface area (TPSA) is 71.1 Å². The number of carbonyl (C=O) groups excluding carboxylic acids is 2. The number of hydrogen-bond donors (Lipinski definition) is 1. The summed E-state index contributed by atoms with van der Waals surface area (Å²) in [5.74, 6) is 1.19. The number of nitrogens with one attached hydrogen (secondary N) is 1. The van der Waals surface area contributed by atoms with Crippen LogP contribution in [0.2, 0.25) is 5.02 Å². The van der Waals surface area contributed by atoms with E-state index in [0.717, 1.165) is 12.1 Å². The summed E-state index contributed by atoms with van der Waals surface area (Å²) in [6.45, 7) is 2.80. The standard InChI is InChI=1S/C16H22ClN3O4/c1-23-14-10-13(15(24-2)9-12(14)17)18-4-3-16(22)20-7-5-19(11-21)6-8-20/h9-11,18H,3-8H2,1-2H3. The molecule has 2 rings (SSSR count). The summed E-state index contributed by atoms with van der Waals surface area (Å²) < 4.78 is 10.5. The van der Waals surface area contributed by atoms with E-state index >= 15 is 0 Å². The van der Waals surface area contributed by atoms with Gasteiger partial charge in [-0.2, -0.15) is 0 Å². The van der Waals surface area contributed by atoms with Crippen molar-refractivity contribution in [2.75, 3.05) is 52.3 Å². The molecule has 0 radical (unpaired) electrons. The molecular formula is C16H22ClN3O4. The Morgan fingerprint density at radius 2 is 1.88 bits per heavy atom. The maximum atomic E-state index is 12.2. The van der Waals surface area contributed by atoms with Gasteiger partial charge in [0.05, 0.1) is 24.9 Å². The molecule has 1 aromatic carbocycles. The minimum atomic E-state index is 0.0629. The van der Waals surface area contributed by atoms with Gasteiger partial charge < -0.3 is 24.6 Å². The SMILES string of the molecule is COc1cc(NCCC(=O)N2CCN(C=O)CC2)c(OC)cc1Cl. The number of anilines is 1. The first-order chi connectivity index (χ1) is 11.6. The van der Waals surface area contributed by atoms with Crippen LogP contribution in [0.3, 0.4) is 0 Å². The first kappa shape index (κ1) is 18.2. The van der Waals surface area contributed by atoms with Gasteiger partial charge in [0.2, 0.25) is 12.3 Å². The molecule has 2 amide bonds. The number of methoxy groups -OCH3 is 2. The number of amides is 2. The third-order valence-electron chi connectivity index (χ3n) is 3.94. The van der Waals surface area contributed by atoms with Gasteiger partial charge in [-0.25, -0.2) is 0 Å². The van der Waals surface area contributed by atoms with E-state index in [4.69, 9.17) is 21.1 Å². The van der Waals surface area contributed by atoms with Gasteiger partial charge in [0, 0.05) is 51.3 Å². The molecule has 1 aliphatic heterocycles. The maximum Gasteiger partial charge on any atom is 0.224 e. The highest BCUT2D eigenvalue weighted by Gasteiger charge is 2.19. The van der Waals surface area contributed by atoms with Crippen LogP contribution in [0.4, 0.5) is 5.69 Å². The Labute approximate surface area is 146 Å². The van der Waals surface area contributed by atoms with Crippen LogP contribution in [0.15, 0.2) is 12.1 Å². The summed E-state index contributed by atoms with van der Waals surface area (Å²) in [5, 5.41) is 3.64. The smallest absolute Gasteiger partial charge is 0.224 e. The molecule has 1 saturated heterocycles. The molecule has 1 aromatic rings. The van der Waals surface area contributed by atoms with E-state index in [1.54, 1.807) is 36.2 Å². The number of halogens is 1. The lowest BCUT2D eigenvalue weighted by molar-refractivity contribution is -0.134. The molecule has 8 heteroatoms. The Morgan fingerprint density at radius 3 is 2.46 bits per heavy atom. The summed E-state index contributed by atoms with van der Waals surface area (Å²) in [7, 11) is 3.10. The zero-order valence-corrected chi connectivity index (χ0v) is 14.6. The van der Waals surface area contributed by atoms with Crippen molar-refractivity contribution in [1.29, 1.82) is 0 Å². The second-order valence-corrected chi connectivity index (χ2v) is 5.79. The lowest BCUT2D eigenvalue weighted by Crippen LogP contribution is -2.48. The maximum absolute atomic E-state index is 12.2. The zero-order valence-electron chi connectivity index (χ0n) is 13.9. The van der Waals surface area contributed by atoms with Crippen molar-refractivity contribution < 1.29 is 19.1 Å². The summed E-state index contributed by atoms with van der Waals surface area (Å²) in [4.78, 5) is 26.4. The van der Waals surface area contributed by atoms with Crippen LogP contribution in [0.25, 0.3) is 0 Å². The van der Waals surface area contributed by atoms with Gasteiger partial charge >= 0.3 is 0 Å². The van der Waals surface area contributed by atoms with Crippen molar-refractivity contribution in [2.24, 2.45) is 0 Å². The molecule has 132 valence electrons. The van der Waals surface area contributed by atoms with Crippen LogP contribution in [0.1, 0.15) is 6.42 Å². The van der Waals surface area contributed by atoms with Crippen molar-refractivity contribution >= 4 is 29.6 Å². The molecule has 1 aliphatic rings. The third-order valence-corrected chi connectivity index (χ3v) is 4.24. The van der Waals surface area contributed by atoms with Gasteiger partial charge in [0.25, 0.3) is 0 Å². The van der Waals surface area contributed by atoms with Crippen molar-refractivity contribution in [3.8, 4) is 11.5 Å². The van der Waals surface area contributed by atoms with Crippen LogP contribution in [-0.2, 0) is 9.59 Å². The Kier molecular flexibility index (Phi) is 6.54. The normalized spacial score (nSPS) is 14.3. The molecule has 24 heavy (non-hydrogen) atoms. The van der Waals surface area contributed by atoms with E-state index in [1.807, 2.05) is 0 Å². The van der Waals surface area contributed by atoms with Gasteiger partial charge in [-0.05, 0) is 0 Å². The predicted molar refractivity (Wildman–Crippen MR) is 91.9 cm³/mol. The van der Waals surface area contributed by atoms with E-state index in [-0.39, 0.29) is 5.91 Å². The molecule has 7 nitrogen and oxygen atoms in total. The molecule has 0 aromatic heterocycles. The van der Waals surface area contributed by atoms with E-state index < -0.39 is 0 Å². The fourth-order valence-electron chi connectivity index (χ4n) is 2.54. The van der Waals surface area contributed by atoms with Crippen molar-refractivity contribution in [3.05, 3.63) is 17.2 Å². The average molecular weight is 356 g/mol. The molecular weight excluding hydrogens is 334 g/mol. The van der Waals surface area contributed by atoms with Crippen LogP contribution >= 0.6 is 11.6 Å². The van der Waals surface area contributed by atoms with Gasteiger partial charge in [-0.1, -0.05) is 11.6 Å². The molecule has 0 bridgehead atoms. The zero-order chi connectivity index (χ0) is 17.5. The number of ether oxygens (including phenoxy) is 2. The van der Waals surface area contributed by atoms with Crippen molar-refractivity contribution in [1.82, 2.24) is 9.80 Å². The van der Waals surface area contributed by atoms with Crippen molar-refractivity contribution in [2.45, 2.75) is 6.42 Å². The number of piperazine rings is 1. The van der Waals surface area contributed by atoms with E-state index in [1.165, 1.54) is 0 Å². The highest BCUT2D eigenvalue weighted by molar-refractivity contribution is 6.32. The minimum Gasteiger partial charge on any atom is -0.495 e. The predicted octanol–water partition coefficient (Wildman–Crippen LogP) is 1.46. The van der Waals surface area contributed by atoms with Gasteiger partial charge in [0.1, 0.15) is 11.5 Å². The summed E-state index contributed by atoms with van der Waals surface area (Å²) in [6, 6.07) is 3.41. The van der Waals surface area contributed by atoms with Crippen LogP contribution < -0.4 is 14.8 Å². The van der Waals surface area contributed by atoms with E-state index in [9.17, 15) is 9.59 Å². The van der Waals surface area contributed by atoms with Crippen LogP contribution in [-0.4, -0.2) is 69.1 Å². The highest BCUT2D eigenvalue weighted by Crippen LogP contribution is 2.35. The Morgan fingerprint density at radius 1 is 1.21 bits per heavy atom. The molecule has 0 spiro atoms. The highest BCUT2D eigenvalue weighted by atomic mass is 35.5. The number of rotatable bonds is 7. The first-order valence-electron chi connectivity index (χ1n) is 7.71. The molecule has 0 unspecified atom stereocenters. The number of nitrogens with zero attached hydrogens (tertiary/aromatic N) is 2. The fourth-order valence-corrected chi connectivity index (χ4v) is 2.77. The first-order valence-corrected chi connectivity index (χ1v) is 8.09. The van der Waals surface area contributed by atoms with Crippen molar-refractivity contribution in [3.63, 3.8) is 0 Å². The minimum absolute atomic E-state index is 0.0629. The summed E-state index contributed by atoms with van der Waals surface area (Å²) in [6.07, 6.45) is 1.18. The van der Waals surface area contributed by atoms with E-state index in [2.05, 4.69) is 5.32 Å². The largest absolute Gasteiger partial charge is 0.495 e. The molecule has 0 saturated carbocycles. The quantitative estimate of drug-likeness (QED) is 0.750. The van der Waals surface area contributed by atoms with Crippen LogP contribution in [0.5, 0.6) is 11.5 Å². The number of benzene rings is 1. The van der Waals surface area contributed by atoms with Crippen LogP contribution in [0, 0.1) is 0 Å². The monoisotopic (exact) mass is 355 g/mol. The van der Waals surface area contributed by atoms with E-state index in [0.29, 0.717) is 55.7 Å². The number of carbonyl (C=O) groups is 2. The molecule has 1 fully saturated rings. The molecule has 0 aliphatic carbocycles. The molecule has 1 heterocycles. The van der Waals surface area contributed by atoms with Gasteiger partial charge in [-0.3, -0.25) is 9.59 Å². The third kappa shape index (κ3) is 4.44. The summed E-state index contributed by atoms with van der Waals surface area (Å²) >= 11 is 6.07. The lowest BCUT2D eigenvalue weighted by Gasteiger charge is -2.32. The second-order valence-electron chi connectivity index (χ2n) is 5.39. The molecule has 1 N–H and O–H groups in total. The number of hydrogen-bond acceptors (Lipinski definition) is 5. The Bertz CT molecular complexity index is 589. The van der Waals surface area contributed by atoms with Gasteiger partial charge in [-0.15, -0.1) is 0 Å². The Hall–Kier alpha value is -2.15. The average Bonchev–Trinajstić information content (AvgIpc) is 2.62. The lowest BCUT2D eigenvalue weighted by atomic mass is 10.2. The summed E-state index contributed by atoms with van der Waals surface area (Å²) in [5.41, 5.74) is 0.720. The Balaban J connectivity index is 1.87. The second kappa shape index (κ2) is 8.63. The molecule has 0 atom stereocenters. The fraction of sp³-hybridized carbons (Fsp3) is 0.500.